The van der Waals surface area contributed by atoms with Crippen molar-refractivity contribution >= 4 is 38.6 Å². The third-order valence-electron chi connectivity index (χ3n) is 8.31. The Bertz CT molecular complexity index is 2470. The summed E-state index contributed by atoms with van der Waals surface area (Å²) in [6, 6.07) is 52.5. The van der Waals surface area contributed by atoms with Crippen molar-refractivity contribution in [2.24, 2.45) is 0 Å². The van der Waals surface area contributed by atoms with Crippen LogP contribution in [-0.4, -0.2) is 0 Å². The van der Waals surface area contributed by atoms with Crippen LogP contribution in [0.2, 0.25) is 0 Å². The van der Waals surface area contributed by atoms with Gasteiger partial charge in [0.05, 0.1) is 6.85 Å². The number of rotatable bonds is 6. The molecule has 8 aromatic rings. The van der Waals surface area contributed by atoms with Gasteiger partial charge in [0.15, 0.2) is 0 Å². The van der Waals surface area contributed by atoms with E-state index in [2.05, 4.69) is 114 Å². The number of fused-ring (bicyclic) bond motifs is 3. The molecule has 0 saturated carbocycles. The second-order valence-corrected chi connectivity index (χ2v) is 11.0. The average molecular weight is 579 g/mol. The summed E-state index contributed by atoms with van der Waals surface area (Å²) in [5, 5.41) is 4.49. The Balaban J connectivity index is 1.27. The molecule has 1 heteroatoms. The van der Waals surface area contributed by atoms with E-state index in [1.165, 1.54) is 0 Å². The maximum absolute atomic E-state index is 8.61. The van der Waals surface area contributed by atoms with Gasteiger partial charge in [0.25, 0.3) is 0 Å². The molecule has 1 nitrogen and oxygen atoms in total. The summed E-state index contributed by atoms with van der Waals surface area (Å²) in [5.41, 5.74) is 7.93. The molecule has 0 aromatic heterocycles. The highest BCUT2D eigenvalue weighted by atomic mass is 15.1. The van der Waals surface area contributed by atoms with Crippen molar-refractivity contribution in [2.45, 2.75) is 0 Å². The van der Waals surface area contributed by atoms with Crippen LogP contribution in [0.3, 0.4) is 0 Å². The normalized spacial score (nSPS) is 12.7. The highest BCUT2D eigenvalue weighted by Gasteiger charge is 2.14. The Hall–Kier alpha value is -5.92. The van der Waals surface area contributed by atoms with Crippen LogP contribution in [-0.2, 0) is 0 Å². The van der Waals surface area contributed by atoms with Gasteiger partial charge < -0.3 is 4.90 Å². The van der Waals surface area contributed by atoms with Gasteiger partial charge in [0.1, 0.15) is 0 Å². The molecule has 0 unspecified atom stereocenters. The van der Waals surface area contributed by atoms with Crippen molar-refractivity contribution in [2.75, 3.05) is 4.90 Å². The minimum absolute atomic E-state index is 0.194. The summed E-state index contributed by atoms with van der Waals surface area (Å²) in [7, 11) is 0. The molecule has 0 aliphatic carbocycles. The van der Waals surface area contributed by atoms with E-state index in [4.69, 9.17) is 6.85 Å². The fraction of sp³-hybridized carbons (Fsp3) is 0. The van der Waals surface area contributed by atoms with Gasteiger partial charge in [-0.3, -0.25) is 0 Å². The van der Waals surface area contributed by atoms with Gasteiger partial charge >= 0.3 is 0 Å². The van der Waals surface area contributed by atoms with Crippen LogP contribution in [0.5, 0.6) is 0 Å². The first-order valence-electron chi connectivity index (χ1n) is 17.5. The molecule has 0 spiro atoms. The van der Waals surface area contributed by atoms with Crippen LogP contribution in [0.4, 0.5) is 17.1 Å². The number of benzene rings is 8. The minimum Gasteiger partial charge on any atom is -0.310 e. The molecule has 0 radical (unpaired) electrons. The molecular weight excluding hydrogens is 542 g/mol. The van der Waals surface area contributed by atoms with Crippen molar-refractivity contribution in [1.82, 2.24) is 0 Å². The lowest BCUT2D eigenvalue weighted by Crippen LogP contribution is -2.09. The summed E-state index contributed by atoms with van der Waals surface area (Å²) >= 11 is 0. The van der Waals surface area contributed by atoms with Gasteiger partial charge in [0.2, 0.25) is 0 Å². The van der Waals surface area contributed by atoms with E-state index in [0.717, 1.165) is 60.9 Å². The second kappa shape index (κ2) is 11.6. The zero-order valence-corrected chi connectivity index (χ0v) is 24.5. The average Bonchev–Trinajstić information content (AvgIpc) is 3.17. The first-order valence-corrected chi connectivity index (χ1v) is 15.0. The topological polar surface area (TPSA) is 3.24 Å². The van der Waals surface area contributed by atoms with Crippen molar-refractivity contribution in [3.63, 3.8) is 0 Å². The summed E-state index contributed by atoms with van der Waals surface area (Å²) in [6.45, 7) is 0. The molecule has 0 N–H and O–H groups in total. The zero-order valence-electron chi connectivity index (χ0n) is 29.5. The number of para-hydroxylation sites is 2. The molecule has 0 aliphatic heterocycles. The van der Waals surface area contributed by atoms with Crippen molar-refractivity contribution < 1.29 is 6.85 Å². The third kappa shape index (κ3) is 5.15. The molecule has 8 rings (SSSR count). The minimum atomic E-state index is -0.397. The van der Waals surface area contributed by atoms with E-state index in [0.29, 0.717) is 5.56 Å². The number of nitrogens with zero attached hydrogens (tertiary/aromatic N) is 1. The van der Waals surface area contributed by atoms with Crippen LogP contribution in [0, 0.1) is 0 Å². The summed E-state index contributed by atoms with van der Waals surface area (Å²) in [5.74, 6) is 0. The molecule has 0 atom stereocenters. The van der Waals surface area contributed by atoms with Gasteiger partial charge in [-0.2, -0.15) is 0 Å². The Morgan fingerprint density at radius 3 is 1.60 bits per heavy atom. The Labute approximate surface area is 271 Å². The molecule has 0 aliphatic rings. The smallest absolute Gasteiger partial charge is 0.0629 e. The number of hydrogen-bond acceptors (Lipinski definition) is 1. The highest BCUT2D eigenvalue weighted by Crippen LogP contribution is 2.40. The Kier molecular flexibility index (Phi) is 5.62. The molecule has 45 heavy (non-hydrogen) atoms. The SMILES string of the molecule is [2H]c1c([2H])c([2H])c(-c2ccc(-c3ccccc3)c(-c3ccc4c(ccc5cc(N(c6ccccc6)c6ccccc6)ccc54)c3)c2)c([2H])c1[2H]. The molecule has 0 saturated heterocycles. The second-order valence-electron chi connectivity index (χ2n) is 11.0. The van der Waals surface area contributed by atoms with Gasteiger partial charge in [-0.25, -0.2) is 0 Å². The van der Waals surface area contributed by atoms with Crippen molar-refractivity contribution in [3.05, 3.63) is 188 Å². The van der Waals surface area contributed by atoms with Gasteiger partial charge in [-0.1, -0.05) is 139 Å². The molecular formula is C44H31N. The summed E-state index contributed by atoms with van der Waals surface area (Å²) < 4.78 is 41.8. The predicted molar refractivity (Wildman–Crippen MR) is 192 cm³/mol. The molecule has 0 heterocycles. The highest BCUT2D eigenvalue weighted by molar-refractivity contribution is 6.10. The monoisotopic (exact) mass is 578 g/mol. The van der Waals surface area contributed by atoms with Gasteiger partial charge in [0, 0.05) is 17.1 Å². The third-order valence-corrected chi connectivity index (χ3v) is 8.31. The van der Waals surface area contributed by atoms with Crippen LogP contribution < -0.4 is 4.90 Å². The van der Waals surface area contributed by atoms with Gasteiger partial charge in [-0.15, -0.1) is 0 Å². The van der Waals surface area contributed by atoms with E-state index in [1.54, 1.807) is 0 Å². The number of hydrogen-bond donors (Lipinski definition) is 0. The van der Waals surface area contributed by atoms with E-state index in [1.807, 2.05) is 48.5 Å². The maximum Gasteiger partial charge on any atom is 0.0629 e. The summed E-state index contributed by atoms with van der Waals surface area (Å²) in [4.78, 5) is 2.26. The van der Waals surface area contributed by atoms with E-state index in [-0.39, 0.29) is 29.7 Å². The van der Waals surface area contributed by atoms with Crippen molar-refractivity contribution in [3.8, 4) is 33.4 Å². The summed E-state index contributed by atoms with van der Waals surface area (Å²) in [6.07, 6.45) is 0. The molecule has 0 amide bonds. The zero-order chi connectivity index (χ0) is 34.4. The lowest BCUT2D eigenvalue weighted by Gasteiger charge is -2.25. The fourth-order valence-electron chi connectivity index (χ4n) is 6.17. The fourth-order valence-corrected chi connectivity index (χ4v) is 6.17. The van der Waals surface area contributed by atoms with Crippen LogP contribution in [0.25, 0.3) is 54.9 Å². The predicted octanol–water partition coefficient (Wildman–Crippen LogP) is 12.5. The largest absolute Gasteiger partial charge is 0.310 e. The molecule has 0 fully saturated rings. The maximum atomic E-state index is 8.61. The van der Waals surface area contributed by atoms with Crippen LogP contribution in [0.15, 0.2) is 188 Å². The lowest BCUT2D eigenvalue weighted by atomic mass is 9.89. The molecule has 8 aromatic carbocycles. The Morgan fingerprint density at radius 2 is 0.933 bits per heavy atom. The number of anilines is 3. The van der Waals surface area contributed by atoms with Crippen LogP contribution in [0.1, 0.15) is 6.85 Å². The van der Waals surface area contributed by atoms with Crippen LogP contribution >= 0.6 is 0 Å². The van der Waals surface area contributed by atoms with E-state index >= 15 is 0 Å². The Morgan fingerprint density at radius 1 is 0.356 bits per heavy atom. The van der Waals surface area contributed by atoms with Gasteiger partial charge in [-0.05, 0) is 103 Å². The quantitative estimate of drug-likeness (QED) is 0.177. The first-order chi connectivity index (χ1) is 24.4. The van der Waals surface area contributed by atoms with E-state index < -0.39 is 6.04 Å². The standard InChI is InChI=1S/C44H31N/c1-5-13-32(14-6-1)34-23-26-41(33-15-7-2-8-16-33)44(31-34)36-24-27-42-35(29-36)21-22-37-30-40(25-28-43(37)42)45(38-17-9-3-10-18-38)39-19-11-4-12-20-39/h1-31H/i1D,5D,6D,13D,14D. The van der Waals surface area contributed by atoms with E-state index in [9.17, 15) is 0 Å². The first kappa shape index (κ1) is 21.7. The molecule has 212 valence electrons. The van der Waals surface area contributed by atoms with Crippen molar-refractivity contribution in [1.29, 1.82) is 0 Å². The lowest BCUT2D eigenvalue weighted by molar-refractivity contribution is 1.29. The molecule has 0 bridgehead atoms.